The van der Waals surface area contributed by atoms with E-state index in [1.807, 2.05) is 42.5 Å². The van der Waals surface area contributed by atoms with E-state index in [-0.39, 0.29) is 17.8 Å². The zero-order valence-electron chi connectivity index (χ0n) is 18.3. The van der Waals surface area contributed by atoms with E-state index in [1.165, 1.54) is 23.9 Å². The zero-order chi connectivity index (χ0) is 22.6. The minimum Gasteiger partial charge on any atom is -0.370 e. The van der Waals surface area contributed by atoms with Gasteiger partial charge in [0.15, 0.2) is 5.69 Å². The molecule has 0 saturated carbocycles. The molecule has 5 rings (SSSR count). The fraction of sp³-hybridized carbons (Fsp3) is 0.231. The van der Waals surface area contributed by atoms with Gasteiger partial charge in [-0.15, -0.1) is 0 Å². The lowest BCUT2D eigenvalue weighted by Crippen LogP contribution is -2.29. The number of fused-ring (bicyclic) bond motifs is 1. The highest BCUT2D eigenvalue weighted by Crippen LogP contribution is 2.21. The molecule has 3 heterocycles. The number of carbonyl (C=O) groups excluding carboxylic acids is 1. The van der Waals surface area contributed by atoms with Crippen LogP contribution in [0.25, 0.3) is 10.8 Å². The van der Waals surface area contributed by atoms with Gasteiger partial charge in [-0.3, -0.25) is 9.59 Å². The normalized spacial score (nSPS) is 13.8. The van der Waals surface area contributed by atoms with Crippen LogP contribution in [0.15, 0.2) is 77.7 Å². The Morgan fingerprint density at radius 2 is 1.61 bits per heavy atom. The second kappa shape index (κ2) is 9.24. The molecule has 1 amide bonds. The molecule has 1 aliphatic rings. The Labute approximate surface area is 191 Å². The van der Waals surface area contributed by atoms with E-state index in [0.29, 0.717) is 16.6 Å². The Morgan fingerprint density at radius 3 is 2.33 bits per heavy atom. The minimum atomic E-state index is -0.397. The Morgan fingerprint density at radius 1 is 0.879 bits per heavy atom. The summed E-state index contributed by atoms with van der Waals surface area (Å²) in [7, 11) is 0. The van der Waals surface area contributed by atoms with Crippen LogP contribution in [0.4, 0.5) is 11.5 Å². The average molecular weight is 440 g/mol. The van der Waals surface area contributed by atoms with Crippen molar-refractivity contribution in [2.24, 2.45) is 0 Å². The molecule has 1 aliphatic heterocycles. The van der Waals surface area contributed by atoms with Crippen LogP contribution in [-0.4, -0.2) is 33.8 Å². The number of rotatable bonds is 5. The third kappa shape index (κ3) is 4.48. The molecule has 4 aromatic rings. The highest BCUT2D eigenvalue weighted by Gasteiger charge is 2.18. The van der Waals surface area contributed by atoms with Gasteiger partial charge in [0.05, 0.1) is 23.8 Å². The van der Waals surface area contributed by atoms with Gasteiger partial charge in [0.1, 0.15) is 5.82 Å². The second-order valence-corrected chi connectivity index (χ2v) is 8.25. The molecule has 2 aromatic carbocycles. The summed E-state index contributed by atoms with van der Waals surface area (Å²) in [6.07, 6.45) is 5.44. The molecule has 1 N–H and O–H groups in total. The van der Waals surface area contributed by atoms with Crippen molar-refractivity contribution >= 4 is 28.2 Å². The van der Waals surface area contributed by atoms with E-state index in [1.54, 1.807) is 30.5 Å². The predicted octanol–water partition coefficient (Wildman–Crippen LogP) is 4.08. The molecule has 7 heteroatoms. The molecule has 7 nitrogen and oxygen atoms in total. The summed E-state index contributed by atoms with van der Waals surface area (Å²) in [5.74, 6) is 0.0543. The number of hydrogen-bond acceptors (Lipinski definition) is 5. The van der Waals surface area contributed by atoms with Gasteiger partial charge < -0.3 is 10.2 Å². The second-order valence-electron chi connectivity index (χ2n) is 8.25. The maximum absolute atomic E-state index is 13.2. The summed E-state index contributed by atoms with van der Waals surface area (Å²) < 4.78 is 1.35. The van der Waals surface area contributed by atoms with Crippen molar-refractivity contribution in [1.82, 2.24) is 14.8 Å². The van der Waals surface area contributed by atoms with Crippen molar-refractivity contribution in [2.75, 3.05) is 23.3 Å². The van der Waals surface area contributed by atoms with Crippen LogP contribution in [-0.2, 0) is 6.54 Å². The number of anilines is 2. The van der Waals surface area contributed by atoms with E-state index in [2.05, 4.69) is 20.3 Å². The van der Waals surface area contributed by atoms with Crippen molar-refractivity contribution in [3.05, 3.63) is 94.5 Å². The fourth-order valence-corrected chi connectivity index (χ4v) is 4.24. The quantitative estimate of drug-likeness (QED) is 0.507. The van der Waals surface area contributed by atoms with Gasteiger partial charge in [-0.25, -0.2) is 9.67 Å². The highest BCUT2D eigenvalue weighted by atomic mass is 16.2. The summed E-state index contributed by atoms with van der Waals surface area (Å²) in [5, 5.41) is 8.27. The average Bonchev–Trinajstić information content (AvgIpc) is 2.87. The number of hydrogen-bond donors (Lipinski definition) is 1. The van der Waals surface area contributed by atoms with Gasteiger partial charge in [0, 0.05) is 18.5 Å². The summed E-state index contributed by atoms with van der Waals surface area (Å²) in [5.41, 5.74) is 1.97. The molecule has 0 atom stereocenters. The summed E-state index contributed by atoms with van der Waals surface area (Å²) in [6.45, 7) is 2.35. The van der Waals surface area contributed by atoms with Gasteiger partial charge >= 0.3 is 0 Å². The first-order valence-corrected chi connectivity index (χ1v) is 11.3. The molecule has 2 aromatic heterocycles. The lowest BCUT2D eigenvalue weighted by molar-refractivity contribution is 0.102. The topological polar surface area (TPSA) is 80.1 Å². The van der Waals surface area contributed by atoms with Crippen LogP contribution in [0.5, 0.6) is 0 Å². The number of piperidine rings is 1. The molecule has 0 unspecified atom stereocenters. The monoisotopic (exact) mass is 439 g/mol. The summed E-state index contributed by atoms with van der Waals surface area (Å²) in [4.78, 5) is 33.0. The lowest BCUT2D eigenvalue weighted by atomic mass is 10.1. The van der Waals surface area contributed by atoms with E-state index in [9.17, 15) is 9.59 Å². The van der Waals surface area contributed by atoms with Crippen molar-refractivity contribution in [1.29, 1.82) is 0 Å². The largest absolute Gasteiger partial charge is 0.370 e. The van der Waals surface area contributed by atoms with Crippen LogP contribution >= 0.6 is 0 Å². The molecule has 0 radical (unpaired) electrons. The molecule has 33 heavy (non-hydrogen) atoms. The van der Waals surface area contributed by atoms with Crippen LogP contribution < -0.4 is 15.8 Å². The van der Waals surface area contributed by atoms with Gasteiger partial charge in [-0.1, -0.05) is 48.5 Å². The van der Waals surface area contributed by atoms with Gasteiger partial charge in [-0.05, 0) is 43.0 Å². The molecule has 166 valence electrons. The Hall–Kier alpha value is -4.00. The van der Waals surface area contributed by atoms with Crippen molar-refractivity contribution in [2.45, 2.75) is 25.8 Å². The number of benzene rings is 2. The molecule has 1 fully saturated rings. The number of aromatic nitrogens is 3. The van der Waals surface area contributed by atoms with Crippen LogP contribution in [0.3, 0.4) is 0 Å². The standard InChI is InChI=1S/C26H25N5O2/c32-25(28-23-14-13-20(17-27-23)30-15-7-2-8-16-30)24-21-11-5-6-12-22(21)26(33)31(29-24)18-19-9-3-1-4-10-19/h1,3-6,9-14,17H,2,7-8,15-16,18H2,(H,27,28,32). The number of amides is 1. The molecule has 0 spiro atoms. The predicted molar refractivity (Wildman–Crippen MR) is 130 cm³/mol. The lowest BCUT2D eigenvalue weighted by Gasteiger charge is -2.28. The van der Waals surface area contributed by atoms with Crippen molar-refractivity contribution in [3.63, 3.8) is 0 Å². The first-order valence-electron chi connectivity index (χ1n) is 11.3. The Balaban J connectivity index is 1.44. The summed E-state index contributed by atoms with van der Waals surface area (Å²) in [6, 6.07) is 20.5. The Kier molecular flexibility index (Phi) is 5.85. The highest BCUT2D eigenvalue weighted by molar-refractivity contribution is 6.10. The van der Waals surface area contributed by atoms with Crippen LogP contribution in [0.2, 0.25) is 0 Å². The van der Waals surface area contributed by atoms with Gasteiger partial charge in [-0.2, -0.15) is 5.10 Å². The van der Waals surface area contributed by atoms with Crippen LogP contribution in [0.1, 0.15) is 35.3 Å². The maximum Gasteiger partial charge on any atom is 0.277 e. The third-order valence-corrected chi connectivity index (χ3v) is 5.97. The SMILES string of the molecule is O=C(Nc1ccc(N2CCCCC2)cn1)c1nn(Cc2ccccc2)c(=O)c2ccccc12. The molecule has 0 aliphatic carbocycles. The van der Waals surface area contributed by atoms with E-state index >= 15 is 0 Å². The van der Waals surface area contributed by atoms with Crippen LogP contribution in [0, 0.1) is 0 Å². The van der Waals surface area contributed by atoms with Crippen molar-refractivity contribution < 1.29 is 4.79 Å². The van der Waals surface area contributed by atoms with Gasteiger partial charge in [0.2, 0.25) is 0 Å². The number of nitrogens with one attached hydrogen (secondary N) is 1. The number of carbonyl (C=O) groups is 1. The fourth-order valence-electron chi connectivity index (χ4n) is 4.24. The van der Waals surface area contributed by atoms with E-state index in [4.69, 9.17) is 0 Å². The Bertz CT molecular complexity index is 1330. The van der Waals surface area contributed by atoms with E-state index in [0.717, 1.165) is 24.3 Å². The maximum atomic E-state index is 13.2. The first kappa shape index (κ1) is 20.9. The first-order chi connectivity index (χ1) is 16.2. The molecular formula is C26H25N5O2. The number of nitrogens with zero attached hydrogens (tertiary/aromatic N) is 4. The van der Waals surface area contributed by atoms with Gasteiger partial charge in [0.25, 0.3) is 11.5 Å². The third-order valence-electron chi connectivity index (χ3n) is 5.97. The van der Waals surface area contributed by atoms with E-state index < -0.39 is 5.91 Å². The van der Waals surface area contributed by atoms with Crippen molar-refractivity contribution in [3.8, 4) is 0 Å². The number of pyridine rings is 1. The molecular weight excluding hydrogens is 414 g/mol. The summed E-state index contributed by atoms with van der Waals surface area (Å²) >= 11 is 0. The zero-order valence-corrected chi connectivity index (χ0v) is 18.3. The smallest absolute Gasteiger partial charge is 0.277 e. The molecule has 1 saturated heterocycles. The minimum absolute atomic E-state index is 0.197. The molecule has 0 bridgehead atoms.